The van der Waals surface area contributed by atoms with Gasteiger partial charge in [0.15, 0.2) is 5.76 Å². The summed E-state index contributed by atoms with van der Waals surface area (Å²) in [6, 6.07) is 23.9. The second kappa shape index (κ2) is 8.19. The van der Waals surface area contributed by atoms with E-state index in [1.165, 1.54) is 0 Å². The molecular formula is C24H14Cl2N2O2S. The van der Waals surface area contributed by atoms with Crippen LogP contribution in [0.3, 0.4) is 0 Å². The minimum absolute atomic E-state index is 0.196. The average Bonchev–Trinajstić information content (AvgIpc) is 3.41. The van der Waals surface area contributed by atoms with Gasteiger partial charge in [-0.2, -0.15) is 0 Å². The Morgan fingerprint density at radius 3 is 2.61 bits per heavy atom. The highest BCUT2D eigenvalue weighted by Crippen LogP contribution is 2.35. The number of fused-ring (bicyclic) bond motifs is 1. The third-order valence-electron chi connectivity index (χ3n) is 4.69. The molecule has 0 fully saturated rings. The number of rotatable bonds is 4. The van der Waals surface area contributed by atoms with Crippen molar-refractivity contribution in [2.45, 2.75) is 0 Å². The van der Waals surface area contributed by atoms with Crippen LogP contribution in [-0.2, 0) is 0 Å². The molecule has 1 N–H and O–H groups in total. The number of anilines is 1. The van der Waals surface area contributed by atoms with Gasteiger partial charge in [0, 0.05) is 21.8 Å². The van der Waals surface area contributed by atoms with Crippen molar-refractivity contribution in [3.63, 3.8) is 0 Å². The molecule has 5 rings (SSSR count). The molecular weight excluding hydrogens is 451 g/mol. The Hall–Kier alpha value is -3.12. The maximum absolute atomic E-state index is 12.6. The number of carbonyl (C=O) groups excluding carboxylic acids is 1. The molecule has 0 saturated carbocycles. The van der Waals surface area contributed by atoms with Crippen LogP contribution >= 0.6 is 34.5 Å². The molecule has 2 heterocycles. The molecule has 0 bridgehead atoms. The lowest BCUT2D eigenvalue weighted by atomic mass is 10.2. The van der Waals surface area contributed by atoms with Crippen LogP contribution in [0, 0.1) is 0 Å². The molecule has 0 atom stereocenters. The third-order valence-corrected chi connectivity index (χ3v) is 6.31. The number of benzene rings is 3. The summed E-state index contributed by atoms with van der Waals surface area (Å²) in [7, 11) is 0. The molecule has 0 aliphatic carbocycles. The lowest BCUT2D eigenvalue weighted by Gasteiger charge is -2.06. The molecule has 31 heavy (non-hydrogen) atoms. The fourth-order valence-electron chi connectivity index (χ4n) is 3.20. The number of hydrogen-bond acceptors (Lipinski definition) is 4. The maximum atomic E-state index is 12.6. The highest BCUT2D eigenvalue weighted by atomic mass is 35.5. The standard InChI is InChI=1S/C24H14Cl2N2O2S/c25-15-5-3-4-14(12-15)20-10-11-21(30-20)23(29)27-16-8-9-17(18(26)13-16)24-28-19-6-1-2-7-22(19)31-24/h1-13H,(H,27,29). The smallest absolute Gasteiger partial charge is 0.291 e. The third kappa shape index (κ3) is 4.08. The first-order valence-corrected chi connectivity index (χ1v) is 11.0. The van der Waals surface area contributed by atoms with Crippen molar-refractivity contribution in [3.8, 4) is 21.9 Å². The Labute approximate surface area is 192 Å². The molecule has 0 saturated heterocycles. The van der Waals surface area contributed by atoms with E-state index in [9.17, 15) is 4.79 Å². The summed E-state index contributed by atoms with van der Waals surface area (Å²) in [6.07, 6.45) is 0. The molecule has 7 heteroatoms. The Morgan fingerprint density at radius 1 is 0.935 bits per heavy atom. The Balaban J connectivity index is 1.36. The number of nitrogens with zero attached hydrogens (tertiary/aromatic N) is 1. The zero-order valence-corrected chi connectivity index (χ0v) is 18.3. The largest absolute Gasteiger partial charge is 0.451 e. The van der Waals surface area contributed by atoms with Crippen LogP contribution in [-0.4, -0.2) is 10.9 Å². The number of para-hydroxylation sites is 1. The van der Waals surface area contributed by atoms with Crippen LogP contribution in [0.4, 0.5) is 5.69 Å². The van der Waals surface area contributed by atoms with Gasteiger partial charge in [0.05, 0.1) is 15.2 Å². The molecule has 2 aromatic heterocycles. The molecule has 152 valence electrons. The van der Waals surface area contributed by atoms with Crippen LogP contribution in [0.2, 0.25) is 10.0 Å². The fraction of sp³-hybridized carbons (Fsp3) is 0. The van der Waals surface area contributed by atoms with Crippen molar-refractivity contribution in [3.05, 3.63) is 94.7 Å². The van der Waals surface area contributed by atoms with E-state index < -0.39 is 0 Å². The number of hydrogen-bond donors (Lipinski definition) is 1. The number of carbonyl (C=O) groups is 1. The van der Waals surface area contributed by atoms with Gasteiger partial charge in [-0.3, -0.25) is 4.79 Å². The van der Waals surface area contributed by atoms with E-state index in [-0.39, 0.29) is 11.7 Å². The maximum Gasteiger partial charge on any atom is 0.291 e. The molecule has 0 aliphatic heterocycles. The Kier molecular flexibility index (Phi) is 5.24. The predicted molar refractivity (Wildman–Crippen MR) is 127 cm³/mol. The van der Waals surface area contributed by atoms with Crippen molar-refractivity contribution in [2.75, 3.05) is 5.32 Å². The van der Waals surface area contributed by atoms with Gasteiger partial charge < -0.3 is 9.73 Å². The van der Waals surface area contributed by atoms with Crippen LogP contribution in [0.1, 0.15) is 10.6 Å². The number of nitrogens with one attached hydrogen (secondary N) is 1. The van der Waals surface area contributed by atoms with Crippen molar-refractivity contribution in [2.24, 2.45) is 0 Å². The number of furan rings is 1. The first kappa shape index (κ1) is 19.8. The molecule has 0 aliphatic rings. The SMILES string of the molecule is O=C(Nc1ccc(-c2nc3ccccc3s2)c(Cl)c1)c1ccc(-c2cccc(Cl)c2)o1. The molecule has 4 nitrogen and oxygen atoms in total. The lowest BCUT2D eigenvalue weighted by Crippen LogP contribution is -2.10. The predicted octanol–water partition coefficient (Wildman–Crippen LogP) is 7.78. The Bertz CT molecular complexity index is 1390. The van der Waals surface area contributed by atoms with Gasteiger partial charge in [0.1, 0.15) is 10.8 Å². The van der Waals surface area contributed by atoms with E-state index in [4.69, 9.17) is 27.6 Å². The van der Waals surface area contributed by atoms with E-state index in [0.717, 1.165) is 26.4 Å². The highest BCUT2D eigenvalue weighted by Gasteiger charge is 2.15. The van der Waals surface area contributed by atoms with Crippen molar-refractivity contribution in [1.29, 1.82) is 0 Å². The normalized spacial score (nSPS) is 11.0. The lowest BCUT2D eigenvalue weighted by molar-refractivity contribution is 0.0997. The molecule has 1 amide bonds. The summed E-state index contributed by atoms with van der Waals surface area (Å²) in [5, 5.41) is 4.76. The van der Waals surface area contributed by atoms with Gasteiger partial charge in [0.2, 0.25) is 0 Å². The van der Waals surface area contributed by atoms with Crippen LogP contribution in [0.15, 0.2) is 83.3 Å². The van der Waals surface area contributed by atoms with E-state index >= 15 is 0 Å². The second-order valence-electron chi connectivity index (χ2n) is 6.81. The quantitative estimate of drug-likeness (QED) is 0.295. The summed E-state index contributed by atoms with van der Waals surface area (Å²) >= 11 is 14.1. The first-order chi connectivity index (χ1) is 15.1. The summed E-state index contributed by atoms with van der Waals surface area (Å²) < 4.78 is 6.80. The van der Waals surface area contributed by atoms with Gasteiger partial charge in [-0.25, -0.2) is 4.98 Å². The minimum atomic E-state index is -0.364. The van der Waals surface area contributed by atoms with E-state index in [1.807, 2.05) is 42.5 Å². The van der Waals surface area contributed by atoms with E-state index in [1.54, 1.807) is 47.7 Å². The first-order valence-electron chi connectivity index (χ1n) is 9.39. The van der Waals surface area contributed by atoms with Crippen LogP contribution in [0.5, 0.6) is 0 Å². The van der Waals surface area contributed by atoms with Crippen molar-refractivity contribution < 1.29 is 9.21 Å². The molecule has 3 aromatic carbocycles. The van der Waals surface area contributed by atoms with E-state index in [2.05, 4.69) is 10.3 Å². The molecule has 0 unspecified atom stereocenters. The monoisotopic (exact) mass is 464 g/mol. The zero-order valence-electron chi connectivity index (χ0n) is 15.9. The fourth-order valence-corrected chi connectivity index (χ4v) is 4.72. The average molecular weight is 465 g/mol. The van der Waals surface area contributed by atoms with E-state index in [0.29, 0.717) is 21.5 Å². The van der Waals surface area contributed by atoms with Gasteiger partial charge in [-0.05, 0) is 54.6 Å². The summed E-state index contributed by atoms with van der Waals surface area (Å²) in [6.45, 7) is 0. The van der Waals surface area contributed by atoms with Gasteiger partial charge >= 0.3 is 0 Å². The van der Waals surface area contributed by atoms with Gasteiger partial charge in [-0.1, -0.05) is 47.5 Å². The van der Waals surface area contributed by atoms with Crippen LogP contribution < -0.4 is 5.32 Å². The number of aromatic nitrogens is 1. The minimum Gasteiger partial charge on any atom is -0.451 e. The molecule has 0 spiro atoms. The number of amides is 1. The Morgan fingerprint density at radius 2 is 1.81 bits per heavy atom. The van der Waals surface area contributed by atoms with Crippen molar-refractivity contribution >= 4 is 56.3 Å². The number of thiazole rings is 1. The molecule has 5 aromatic rings. The number of halogens is 2. The topological polar surface area (TPSA) is 55.1 Å². The highest BCUT2D eigenvalue weighted by molar-refractivity contribution is 7.21. The summed E-state index contributed by atoms with van der Waals surface area (Å²) in [5.41, 5.74) is 3.13. The van der Waals surface area contributed by atoms with Crippen molar-refractivity contribution in [1.82, 2.24) is 4.98 Å². The summed E-state index contributed by atoms with van der Waals surface area (Å²) in [5.74, 6) is 0.398. The van der Waals surface area contributed by atoms with Crippen LogP contribution in [0.25, 0.3) is 32.1 Å². The summed E-state index contributed by atoms with van der Waals surface area (Å²) in [4.78, 5) is 17.3. The molecule has 0 radical (unpaired) electrons. The van der Waals surface area contributed by atoms with Gasteiger partial charge in [-0.15, -0.1) is 11.3 Å². The second-order valence-corrected chi connectivity index (χ2v) is 8.68. The zero-order chi connectivity index (χ0) is 21.4. The van der Waals surface area contributed by atoms with Gasteiger partial charge in [0.25, 0.3) is 5.91 Å².